The lowest BCUT2D eigenvalue weighted by molar-refractivity contribution is -0.0403. The Bertz CT molecular complexity index is 448. The second-order valence-corrected chi connectivity index (χ2v) is 5.02. The van der Waals surface area contributed by atoms with Crippen LogP contribution in [0, 0.1) is 0 Å². The summed E-state index contributed by atoms with van der Waals surface area (Å²) in [5.41, 5.74) is 12.8. The molecule has 5 nitrogen and oxygen atoms in total. The molecule has 2 rings (SSSR count). The predicted molar refractivity (Wildman–Crippen MR) is 73.6 cm³/mol. The SMILES string of the molecule is CC(N)C1CN(Cc2ccccc2C(N)=O)CCO1. The van der Waals surface area contributed by atoms with Crippen molar-refractivity contribution < 1.29 is 9.53 Å². The molecule has 2 unspecified atom stereocenters. The van der Waals surface area contributed by atoms with E-state index in [4.69, 9.17) is 16.2 Å². The summed E-state index contributed by atoms with van der Waals surface area (Å²) in [4.78, 5) is 13.6. The van der Waals surface area contributed by atoms with E-state index in [1.807, 2.05) is 25.1 Å². The number of nitrogens with two attached hydrogens (primary N) is 2. The van der Waals surface area contributed by atoms with Crippen LogP contribution in [-0.4, -0.2) is 42.6 Å². The maximum atomic E-state index is 11.4. The van der Waals surface area contributed by atoms with Gasteiger partial charge in [-0.25, -0.2) is 0 Å². The van der Waals surface area contributed by atoms with Gasteiger partial charge in [-0.1, -0.05) is 18.2 Å². The molecule has 2 atom stereocenters. The summed E-state index contributed by atoms with van der Waals surface area (Å²) in [6.45, 7) is 4.95. The van der Waals surface area contributed by atoms with Crippen LogP contribution in [0.25, 0.3) is 0 Å². The van der Waals surface area contributed by atoms with Crippen LogP contribution in [0.4, 0.5) is 0 Å². The summed E-state index contributed by atoms with van der Waals surface area (Å²) in [6, 6.07) is 7.46. The number of benzene rings is 1. The number of morpholine rings is 1. The van der Waals surface area contributed by atoms with Crippen LogP contribution in [0.5, 0.6) is 0 Å². The summed E-state index contributed by atoms with van der Waals surface area (Å²) in [6.07, 6.45) is 0.0505. The third-order valence-corrected chi connectivity index (χ3v) is 3.44. The van der Waals surface area contributed by atoms with Crippen molar-refractivity contribution in [2.24, 2.45) is 11.5 Å². The number of nitrogens with zero attached hydrogens (tertiary/aromatic N) is 1. The first-order valence-corrected chi connectivity index (χ1v) is 6.55. The van der Waals surface area contributed by atoms with Gasteiger partial charge in [-0.15, -0.1) is 0 Å². The Morgan fingerprint density at radius 1 is 1.53 bits per heavy atom. The minimum atomic E-state index is -0.382. The first kappa shape index (κ1) is 14.0. The highest BCUT2D eigenvalue weighted by molar-refractivity contribution is 5.94. The van der Waals surface area contributed by atoms with E-state index in [2.05, 4.69) is 4.90 Å². The molecule has 1 fully saturated rings. The minimum Gasteiger partial charge on any atom is -0.374 e. The fourth-order valence-electron chi connectivity index (χ4n) is 2.33. The van der Waals surface area contributed by atoms with E-state index >= 15 is 0 Å². The molecule has 1 aromatic rings. The van der Waals surface area contributed by atoms with Gasteiger partial charge in [-0.3, -0.25) is 9.69 Å². The van der Waals surface area contributed by atoms with Crippen LogP contribution < -0.4 is 11.5 Å². The van der Waals surface area contributed by atoms with Crippen LogP contribution in [0.1, 0.15) is 22.8 Å². The monoisotopic (exact) mass is 263 g/mol. The maximum Gasteiger partial charge on any atom is 0.249 e. The van der Waals surface area contributed by atoms with Crippen molar-refractivity contribution in [1.29, 1.82) is 0 Å². The molecule has 0 aliphatic carbocycles. The molecule has 0 saturated carbocycles. The molecule has 0 radical (unpaired) electrons. The molecule has 0 spiro atoms. The van der Waals surface area contributed by atoms with E-state index in [9.17, 15) is 4.79 Å². The molecule has 19 heavy (non-hydrogen) atoms. The van der Waals surface area contributed by atoms with Crippen molar-refractivity contribution in [1.82, 2.24) is 4.90 Å². The Labute approximate surface area is 113 Å². The van der Waals surface area contributed by atoms with Crippen molar-refractivity contribution in [2.45, 2.75) is 25.6 Å². The Morgan fingerprint density at radius 2 is 2.26 bits per heavy atom. The molecule has 1 aliphatic heterocycles. The van der Waals surface area contributed by atoms with Gasteiger partial charge in [0.15, 0.2) is 0 Å². The average molecular weight is 263 g/mol. The molecule has 0 bridgehead atoms. The number of carbonyl (C=O) groups excluding carboxylic acids is 1. The molecule has 0 aromatic heterocycles. The molecule has 1 heterocycles. The van der Waals surface area contributed by atoms with Crippen molar-refractivity contribution in [3.8, 4) is 0 Å². The smallest absolute Gasteiger partial charge is 0.249 e. The number of amides is 1. The van der Waals surface area contributed by atoms with Crippen molar-refractivity contribution >= 4 is 5.91 Å². The van der Waals surface area contributed by atoms with E-state index < -0.39 is 0 Å². The molecule has 104 valence electrons. The first-order valence-electron chi connectivity index (χ1n) is 6.55. The van der Waals surface area contributed by atoms with Gasteiger partial charge in [-0.05, 0) is 18.6 Å². The second kappa shape index (κ2) is 6.14. The zero-order valence-corrected chi connectivity index (χ0v) is 11.2. The fraction of sp³-hybridized carbons (Fsp3) is 0.500. The maximum absolute atomic E-state index is 11.4. The molecule has 1 amide bonds. The van der Waals surface area contributed by atoms with Crippen molar-refractivity contribution in [2.75, 3.05) is 19.7 Å². The van der Waals surface area contributed by atoms with E-state index in [0.29, 0.717) is 18.7 Å². The largest absolute Gasteiger partial charge is 0.374 e. The van der Waals surface area contributed by atoms with Crippen LogP contribution in [0.2, 0.25) is 0 Å². The lowest BCUT2D eigenvalue weighted by atomic mass is 10.1. The highest BCUT2D eigenvalue weighted by atomic mass is 16.5. The molecular formula is C14H21N3O2. The zero-order valence-electron chi connectivity index (χ0n) is 11.2. The van der Waals surface area contributed by atoms with Gasteiger partial charge in [0.1, 0.15) is 0 Å². The summed E-state index contributed by atoms with van der Waals surface area (Å²) in [5.74, 6) is -0.382. The summed E-state index contributed by atoms with van der Waals surface area (Å²) < 4.78 is 5.63. The standard InChI is InChI=1S/C14H21N3O2/c1-10(15)13-9-17(6-7-19-13)8-11-4-2-3-5-12(11)14(16)18/h2-5,10,13H,6-9,15H2,1H3,(H2,16,18). The molecule has 1 aliphatic rings. The Balaban J connectivity index is 2.07. The summed E-state index contributed by atoms with van der Waals surface area (Å²) in [5, 5.41) is 0. The first-order chi connectivity index (χ1) is 9.08. The average Bonchev–Trinajstić information content (AvgIpc) is 2.39. The van der Waals surface area contributed by atoms with Crippen LogP contribution in [-0.2, 0) is 11.3 Å². The Hall–Kier alpha value is -1.43. The molecule has 5 heteroatoms. The van der Waals surface area contributed by atoms with Gasteiger partial charge in [0, 0.05) is 31.2 Å². The number of rotatable bonds is 4. The highest BCUT2D eigenvalue weighted by Gasteiger charge is 2.24. The predicted octanol–water partition coefficient (Wildman–Crippen LogP) is 0.333. The van der Waals surface area contributed by atoms with Crippen molar-refractivity contribution in [3.63, 3.8) is 0 Å². The van der Waals surface area contributed by atoms with Gasteiger partial charge in [0.2, 0.25) is 5.91 Å². The normalized spacial score (nSPS) is 22.1. The lowest BCUT2D eigenvalue weighted by Gasteiger charge is -2.35. The zero-order chi connectivity index (χ0) is 13.8. The van der Waals surface area contributed by atoms with Gasteiger partial charge in [-0.2, -0.15) is 0 Å². The number of primary amides is 1. The highest BCUT2D eigenvalue weighted by Crippen LogP contribution is 2.15. The van der Waals surface area contributed by atoms with Crippen LogP contribution in [0.15, 0.2) is 24.3 Å². The van der Waals surface area contributed by atoms with Crippen LogP contribution >= 0.6 is 0 Å². The number of carbonyl (C=O) groups is 1. The van der Waals surface area contributed by atoms with E-state index in [1.165, 1.54) is 0 Å². The summed E-state index contributed by atoms with van der Waals surface area (Å²) in [7, 11) is 0. The topological polar surface area (TPSA) is 81.6 Å². The van der Waals surface area contributed by atoms with Crippen molar-refractivity contribution in [3.05, 3.63) is 35.4 Å². The molecule has 4 N–H and O–H groups in total. The van der Waals surface area contributed by atoms with E-state index in [0.717, 1.165) is 18.7 Å². The quantitative estimate of drug-likeness (QED) is 0.820. The summed E-state index contributed by atoms with van der Waals surface area (Å²) >= 11 is 0. The minimum absolute atomic E-state index is 0.00850. The second-order valence-electron chi connectivity index (χ2n) is 5.02. The molecular weight excluding hydrogens is 242 g/mol. The number of ether oxygens (including phenoxy) is 1. The lowest BCUT2D eigenvalue weighted by Crippen LogP contribution is -2.49. The third-order valence-electron chi connectivity index (χ3n) is 3.44. The fourth-order valence-corrected chi connectivity index (χ4v) is 2.33. The van der Waals surface area contributed by atoms with E-state index in [1.54, 1.807) is 6.07 Å². The molecule has 1 aromatic carbocycles. The van der Waals surface area contributed by atoms with E-state index in [-0.39, 0.29) is 18.1 Å². The molecule has 1 saturated heterocycles. The van der Waals surface area contributed by atoms with Gasteiger partial charge >= 0.3 is 0 Å². The third kappa shape index (κ3) is 3.53. The number of hydrogen-bond acceptors (Lipinski definition) is 4. The van der Waals surface area contributed by atoms with Gasteiger partial charge in [0.05, 0.1) is 12.7 Å². The van der Waals surface area contributed by atoms with Gasteiger partial charge in [0.25, 0.3) is 0 Å². The number of hydrogen-bond donors (Lipinski definition) is 2. The van der Waals surface area contributed by atoms with Gasteiger partial charge < -0.3 is 16.2 Å². The Kier molecular flexibility index (Phi) is 4.52. The Morgan fingerprint density at radius 3 is 2.95 bits per heavy atom. The van der Waals surface area contributed by atoms with Crippen LogP contribution in [0.3, 0.4) is 0 Å².